The van der Waals surface area contributed by atoms with Gasteiger partial charge in [0.1, 0.15) is 17.7 Å². The Hall–Kier alpha value is -3.71. The van der Waals surface area contributed by atoms with E-state index in [1.165, 1.54) is 12.1 Å². The molecule has 8 heteroatoms. The molecule has 0 fully saturated rings. The van der Waals surface area contributed by atoms with Crippen LogP contribution in [0.2, 0.25) is 5.02 Å². The number of nitrogens with one attached hydrogen (secondary N) is 1. The van der Waals surface area contributed by atoms with E-state index >= 15 is 0 Å². The number of amides is 1. The molecular weight excluding hydrogens is 431 g/mol. The van der Waals surface area contributed by atoms with Crippen LogP contribution < -0.4 is 5.32 Å². The number of pyridine rings is 1. The number of aromatic nitrogens is 3. The molecule has 0 aliphatic heterocycles. The van der Waals surface area contributed by atoms with Crippen LogP contribution in [0.25, 0.3) is 16.9 Å². The van der Waals surface area contributed by atoms with Crippen molar-refractivity contribution in [1.29, 1.82) is 0 Å². The van der Waals surface area contributed by atoms with Gasteiger partial charge < -0.3 is 4.74 Å². The van der Waals surface area contributed by atoms with Gasteiger partial charge >= 0.3 is 6.09 Å². The van der Waals surface area contributed by atoms with E-state index < -0.39 is 12.2 Å². The molecule has 0 saturated carbocycles. The predicted octanol–water partition coefficient (Wildman–Crippen LogP) is 6.34. The number of hydrogen-bond acceptors (Lipinski definition) is 4. The molecule has 0 spiro atoms. The number of hydrogen-bond donors (Lipinski definition) is 1. The minimum Gasteiger partial charge on any atom is -0.441 e. The minimum absolute atomic E-state index is 0.327. The monoisotopic (exact) mass is 450 g/mol. The fourth-order valence-corrected chi connectivity index (χ4v) is 3.55. The number of aryl methyl sites for hydroxylation is 1. The average Bonchev–Trinajstić information content (AvgIpc) is 3.14. The van der Waals surface area contributed by atoms with Crippen LogP contribution in [0.1, 0.15) is 24.2 Å². The first-order chi connectivity index (χ1) is 15.4. The first-order valence-electron chi connectivity index (χ1n) is 9.91. The molecule has 1 unspecified atom stereocenters. The Kier molecular flexibility index (Phi) is 6.18. The fourth-order valence-electron chi connectivity index (χ4n) is 3.26. The second kappa shape index (κ2) is 9.20. The van der Waals surface area contributed by atoms with Gasteiger partial charge in [0, 0.05) is 21.7 Å². The number of ether oxygens (including phenoxy) is 1. The number of halogens is 2. The summed E-state index contributed by atoms with van der Waals surface area (Å²) in [6.07, 6.45) is 2.07. The van der Waals surface area contributed by atoms with Crippen molar-refractivity contribution in [3.8, 4) is 16.9 Å². The van der Waals surface area contributed by atoms with Gasteiger partial charge in [0.2, 0.25) is 0 Å². The molecule has 162 valence electrons. The lowest BCUT2D eigenvalue weighted by Gasteiger charge is -2.16. The molecule has 32 heavy (non-hydrogen) atoms. The van der Waals surface area contributed by atoms with Crippen molar-refractivity contribution in [2.75, 3.05) is 5.32 Å². The maximum atomic E-state index is 13.5. The first kappa shape index (κ1) is 21.5. The van der Waals surface area contributed by atoms with Crippen molar-refractivity contribution < 1.29 is 13.9 Å². The average molecular weight is 451 g/mol. The summed E-state index contributed by atoms with van der Waals surface area (Å²) in [5.74, 6) is 0.133. The van der Waals surface area contributed by atoms with E-state index in [-0.39, 0.29) is 5.82 Å². The molecule has 2 heterocycles. The Morgan fingerprint density at radius 2 is 1.94 bits per heavy atom. The second-order valence-electron chi connectivity index (χ2n) is 7.19. The lowest BCUT2D eigenvalue weighted by Crippen LogP contribution is -2.19. The molecular formula is C24H20ClFN4O2. The first-order valence-corrected chi connectivity index (χ1v) is 10.3. The van der Waals surface area contributed by atoms with E-state index in [9.17, 15) is 9.18 Å². The Morgan fingerprint density at radius 3 is 2.66 bits per heavy atom. The molecule has 4 rings (SSSR count). The third-order valence-corrected chi connectivity index (χ3v) is 5.26. The highest BCUT2D eigenvalue weighted by Gasteiger charge is 2.18. The van der Waals surface area contributed by atoms with Crippen LogP contribution in [0, 0.1) is 12.7 Å². The zero-order valence-corrected chi connectivity index (χ0v) is 18.2. The van der Waals surface area contributed by atoms with Crippen LogP contribution in [-0.4, -0.2) is 20.9 Å². The maximum Gasteiger partial charge on any atom is 0.413 e. The summed E-state index contributed by atoms with van der Waals surface area (Å²) in [6, 6.07) is 17.0. The van der Waals surface area contributed by atoms with Crippen molar-refractivity contribution in [2.45, 2.75) is 20.0 Å². The van der Waals surface area contributed by atoms with Gasteiger partial charge in [0.15, 0.2) is 0 Å². The summed E-state index contributed by atoms with van der Waals surface area (Å²) in [6.45, 7) is 3.57. The topological polar surface area (TPSA) is 69.0 Å². The summed E-state index contributed by atoms with van der Waals surface area (Å²) in [4.78, 5) is 17.0. The molecule has 1 amide bonds. The van der Waals surface area contributed by atoms with Gasteiger partial charge in [0.05, 0.1) is 23.8 Å². The zero-order chi connectivity index (χ0) is 22.7. The van der Waals surface area contributed by atoms with Crippen molar-refractivity contribution in [2.24, 2.45) is 0 Å². The van der Waals surface area contributed by atoms with Gasteiger partial charge in [-0.3, -0.25) is 10.3 Å². The lowest BCUT2D eigenvalue weighted by atomic mass is 10.1. The van der Waals surface area contributed by atoms with E-state index in [0.717, 1.165) is 5.56 Å². The zero-order valence-electron chi connectivity index (χ0n) is 17.4. The quantitative estimate of drug-likeness (QED) is 0.385. The molecule has 4 aromatic rings. The van der Waals surface area contributed by atoms with Crippen LogP contribution in [0.5, 0.6) is 0 Å². The minimum atomic E-state index is -0.633. The highest BCUT2D eigenvalue weighted by molar-refractivity contribution is 6.31. The normalized spacial score (nSPS) is 11.8. The molecule has 0 aliphatic carbocycles. The van der Waals surface area contributed by atoms with Crippen LogP contribution in [0.3, 0.4) is 0 Å². The fraction of sp³-hybridized carbons (Fsp3) is 0.125. The van der Waals surface area contributed by atoms with E-state index in [0.29, 0.717) is 33.3 Å². The van der Waals surface area contributed by atoms with Gasteiger partial charge in [-0.25, -0.2) is 13.9 Å². The Morgan fingerprint density at radius 1 is 1.12 bits per heavy atom. The van der Waals surface area contributed by atoms with E-state index in [4.69, 9.17) is 16.3 Å². The third kappa shape index (κ3) is 4.63. The van der Waals surface area contributed by atoms with Crippen molar-refractivity contribution in [1.82, 2.24) is 14.8 Å². The Labute approximate surface area is 189 Å². The number of benzene rings is 2. The maximum absolute atomic E-state index is 13.5. The standard InChI is InChI=1S/C24H20ClFN4O2/c1-15-13-28-30(19-10-11-22(27-14-19)17-6-5-7-18(26)12-17)23(15)29-24(31)32-16(2)20-8-3-4-9-21(20)25/h3-14,16H,1-2H3,(H,29,31). The summed E-state index contributed by atoms with van der Waals surface area (Å²) in [5.41, 5.74) is 3.39. The van der Waals surface area contributed by atoms with Crippen molar-refractivity contribution in [3.63, 3.8) is 0 Å². The molecule has 2 aromatic carbocycles. The van der Waals surface area contributed by atoms with Crippen molar-refractivity contribution in [3.05, 3.63) is 95.0 Å². The second-order valence-corrected chi connectivity index (χ2v) is 7.60. The number of anilines is 1. The number of rotatable bonds is 5. The van der Waals surface area contributed by atoms with Gasteiger partial charge in [-0.05, 0) is 44.2 Å². The molecule has 0 radical (unpaired) electrons. The molecule has 1 atom stereocenters. The Balaban J connectivity index is 1.52. The number of nitrogens with zero attached hydrogens (tertiary/aromatic N) is 3. The summed E-state index contributed by atoms with van der Waals surface area (Å²) in [5, 5.41) is 7.61. The van der Waals surface area contributed by atoms with Crippen LogP contribution in [0.15, 0.2) is 73.1 Å². The predicted molar refractivity (Wildman–Crippen MR) is 121 cm³/mol. The van der Waals surface area contributed by atoms with Gasteiger partial charge in [-0.2, -0.15) is 5.10 Å². The molecule has 0 bridgehead atoms. The molecule has 0 aliphatic rings. The Bertz CT molecular complexity index is 1260. The highest BCUT2D eigenvalue weighted by Crippen LogP contribution is 2.26. The molecule has 1 N–H and O–H groups in total. The van der Waals surface area contributed by atoms with Crippen LogP contribution in [0.4, 0.5) is 15.0 Å². The highest BCUT2D eigenvalue weighted by atomic mass is 35.5. The van der Waals surface area contributed by atoms with Gasteiger partial charge in [0.25, 0.3) is 0 Å². The smallest absolute Gasteiger partial charge is 0.413 e. The van der Waals surface area contributed by atoms with E-state index in [2.05, 4.69) is 15.4 Å². The van der Waals surface area contributed by atoms with Gasteiger partial charge in [-0.15, -0.1) is 0 Å². The molecule has 2 aromatic heterocycles. The van der Waals surface area contributed by atoms with Crippen LogP contribution in [-0.2, 0) is 4.74 Å². The summed E-state index contributed by atoms with van der Waals surface area (Å²) in [7, 11) is 0. The van der Waals surface area contributed by atoms with E-state index in [1.807, 2.05) is 25.1 Å². The largest absolute Gasteiger partial charge is 0.441 e. The van der Waals surface area contributed by atoms with Crippen LogP contribution >= 0.6 is 11.6 Å². The van der Waals surface area contributed by atoms with E-state index in [1.54, 1.807) is 54.3 Å². The molecule has 0 saturated heterocycles. The SMILES string of the molecule is Cc1cnn(-c2ccc(-c3cccc(F)c3)nc2)c1NC(=O)OC(C)c1ccccc1Cl. The number of carbonyl (C=O) groups is 1. The summed E-state index contributed by atoms with van der Waals surface area (Å²) < 4.78 is 20.5. The third-order valence-electron chi connectivity index (χ3n) is 4.91. The lowest BCUT2D eigenvalue weighted by molar-refractivity contribution is 0.121. The van der Waals surface area contributed by atoms with Gasteiger partial charge in [-0.1, -0.05) is 41.9 Å². The van der Waals surface area contributed by atoms with Crippen molar-refractivity contribution >= 4 is 23.5 Å². The molecule has 6 nitrogen and oxygen atoms in total. The number of carbonyl (C=O) groups excluding carboxylic acids is 1. The summed E-state index contributed by atoms with van der Waals surface area (Å²) >= 11 is 6.19.